The van der Waals surface area contributed by atoms with Crippen LogP contribution in [0.5, 0.6) is 5.75 Å². The normalized spacial score (nSPS) is 11.4. The number of nitrogens with one attached hydrogen (secondary N) is 1. The molecule has 3 rings (SSSR count). The van der Waals surface area contributed by atoms with E-state index in [0.717, 1.165) is 33.5 Å². The SMILES string of the molecule is CCOC(=O)c1cc(C)c2cc(NCc3ccc(OC)cc3)cc(C(C)(C)C)c2n1. The second kappa shape index (κ2) is 8.74. The van der Waals surface area contributed by atoms with Crippen molar-refractivity contribution >= 4 is 22.6 Å². The Morgan fingerprint density at radius 1 is 1.10 bits per heavy atom. The first-order valence-electron chi connectivity index (χ1n) is 10.2. The number of nitrogens with zero attached hydrogens (tertiary/aromatic N) is 1. The van der Waals surface area contributed by atoms with Crippen LogP contribution in [0.25, 0.3) is 10.9 Å². The van der Waals surface area contributed by atoms with Gasteiger partial charge in [0.1, 0.15) is 11.4 Å². The van der Waals surface area contributed by atoms with Gasteiger partial charge in [0, 0.05) is 17.6 Å². The van der Waals surface area contributed by atoms with Crippen molar-refractivity contribution in [3.63, 3.8) is 0 Å². The lowest BCUT2D eigenvalue weighted by atomic mass is 9.84. The second-order valence-electron chi connectivity index (χ2n) is 8.42. The van der Waals surface area contributed by atoms with Gasteiger partial charge < -0.3 is 14.8 Å². The van der Waals surface area contributed by atoms with E-state index in [1.165, 1.54) is 5.56 Å². The number of esters is 1. The number of benzene rings is 2. The highest BCUT2D eigenvalue weighted by Crippen LogP contribution is 2.34. The lowest BCUT2D eigenvalue weighted by Gasteiger charge is -2.23. The smallest absolute Gasteiger partial charge is 0.356 e. The summed E-state index contributed by atoms with van der Waals surface area (Å²) in [7, 11) is 1.67. The van der Waals surface area contributed by atoms with Crippen molar-refractivity contribution in [2.75, 3.05) is 19.0 Å². The lowest BCUT2D eigenvalue weighted by Crippen LogP contribution is -2.15. The molecule has 0 unspecified atom stereocenters. The van der Waals surface area contributed by atoms with E-state index in [-0.39, 0.29) is 11.4 Å². The van der Waals surface area contributed by atoms with Gasteiger partial charge in [0.25, 0.3) is 0 Å². The first-order valence-corrected chi connectivity index (χ1v) is 10.2. The number of aryl methyl sites for hydroxylation is 1. The Morgan fingerprint density at radius 3 is 2.40 bits per heavy atom. The van der Waals surface area contributed by atoms with E-state index in [0.29, 0.717) is 18.8 Å². The van der Waals surface area contributed by atoms with Gasteiger partial charge in [-0.3, -0.25) is 0 Å². The third-order valence-corrected chi connectivity index (χ3v) is 5.07. The minimum Gasteiger partial charge on any atom is -0.497 e. The maximum Gasteiger partial charge on any atom is 0.356 e. The van der Waals surface area contributed by atoms with Crippen LogP contribution in [0.15, 0.2) is 42.5 Å². The summed E-state index contributed by atoms with van der Waals surface area (Å²) in [6.07, 6.45) is 0. The zero-order valence-corrected chi connectivity index (χ0v) is 18.6. The molecule has 3 aromatic rings. The molecule has 2 aromatic carbocycles. The van der Waals surface area contributed by atoms with Crippen LogP contribution in [0.3, 0.4) is 0 Å². The molecule has 0 aliphatic rings. The Kier molecular flexibility index (Phi) is 6.30. The summed E-state index contributed by atoms with van der Waals surface area (Å²) in [5.41, 5.74) is 5.35. The number of ether oxygens (including phenoxy) is 2. The second-order valence-corrected chi connectivity index (χ2v) is 8.42. The number of carbonyl (C=O) groups is 1. The van der Waals surface area contributed by atoms with Crippen LogP contribution in [0.2, 0.25) is 0 Å². The molecule has 0 spiro atoms. The highest BCUT2D eigenvalue weighted by molar-refractivity contribution is 5.95. The van der Waals surface area contributed by atoms with E-state index in [2.05, 4.69) is 55.3 Å². The number of anilines is 1. The van der Waals surface area contributed by atoms with Crippen molar-refractivity contribution in [2.24, 2.45) is 0 Å². The molecule has 0 aliphatic carbocycles. The molecule has 0 saturated carbocycles. The maximum atomic E-state index is 12.3. The summed E-state index contributed by atoms with van der Waals surface area (Å²) in [5, 5.41) is 4.56. The fourth-order valence-corrected chi connectivity index (χ4v) is 3.42. The summed E-state index contributed by atoms with van der Waals surface area (Å²) in [4.78, 5) is 17.0. The van der Waals surface area contributed by atoms with Gasteiger partial charge in [-0.25, -0.2) is 9.78 Å². The lowest BCUT2D eigenvalue weighted by molar-refractivity contribution is 0.0520. The number of fused-ring (bicyclic) bond motifs is 1. The van der Waals surface area contributed by atoms with Crippen molar-refractivity contribution in [3.05, 3.63) is 64.8 Å². The molecule has 5 nitrogen and oxygen atoms in total. The van der Waals surface area contributed by atoms with Crippen molar-refractivity contribution in [1.82, 2.24) is 4.98 Å². The van der Waals surface area contributed by atoms with Crippen LogP contribution >= 0.6 is 0 Å². The van der Waals surface area contributed by atoms with Crippen LogP contribution in [-0.2, 0) is 16.7 Å². The molecule has 158 valence electrons. The summed E-state index contributed by atoms with van der Waals surface area (Å²) in [5.74, 6) is 0.461. The van der Waals surface area contributed by atoms with Crippen LogP contribution in [0, 0.1) is 6.92 Å². The molecule has 1 aromatic heterocycles. The van der Waals surface area contributed by atoms with E-state index in [1.54, 1.807) is 20.1 Å². The highest BCUT2D eigenvalue weighted by Gasteiger charge is 2.22. The molecule has 5 heteroatoms. The average molecular weight is 407 g/mol. The van der Waals surface area contributed by atoms with Gasteiger partial charge in [-0.05, 0) is 66.3 Å². The van der Waals surface area contributed by atoms with Crippen molar-refractivity contribution in [1.29, 1.82) is 0 Å². The Bertz CT molecular complexity index is 1050. The van der Waals surface area contributed by atoms with Gasteiger partial charge in [-0.15, -0.1) is 0 Å². The third-order valence-electron chi connectivity index (χ3n) is 5.07. The third kappa shape index (κ3) is 4.73. The number of hydrogen-bond acceptors (Lipinski definition) is 5. The van der Waals surface area contributed by atoms with Gasteiger partial charge in [0.2, 0.25) is 0 Å². The number of carbonyl (C=O) groups excluding carboxylic acids is 1. The standard InChI is InChI=1S/C25H30N2O3/c1-7-30-24(28)22-12-16(2)20-13-18(14-21(23(20)27-22)25(3,4)5)26-15-17-8-10-19(29-6)11-9-17/h8-14,26H,7,15H2,1-6H3. The number of aromatic nitrogens is 1. The summed E-state index contributed by atoms with van der Waals surface area (Å²) >= 11 is 0. The van der Waals surface area contributed by atoms with Gasteiger partial charge in [0.05, 0.1) is 19.2 Å². The number of pyridine rings is 1. The topological polar surface area (TPSA) is 60.5 Å². The zero-order chi connectivity index (χ0) is 21.9. The molecule has 0 atom stereocenters. The fourth-order valence-electron chi connectivity index (χ4n) is 3.42. The fraction of sp³-hybridized carbons (Fsp3) is 0.360. The maximum absolute atomic E-state index is 12.3. The van der Waals surface area contributed by atoms with E-state index < -0.39 is 0 Å². The molecule has 0 saturated heterocycles. The molecule has 0 aliphatic heterocycles. The van der Waals surface area contributed by atoms with Crippen molar-refractivity contribution < 1.29 is 14.3 Å². The van der Waals surface area contributed by atoms with E-state index in [9.17, 15) is 4.79 Å². The molecule has 0 amide bonds. The molecule has 0 fully saturated rings. The number of methoxy groups -OCH3 is 1. The molecule has 0 bridgehead atoms. The van der Waals surface area contributed by atoms with Crippen molar-refractivity contribution in [2.45, 2.75) is 46.6 Å². The van der Waals surface area contributed by atoms with Gasteiger partial charge in [-0.2, -0.15) is 0 Å². The molecule has 1 heterocycles. The summed E-state index contributed by atoms with van der Waals surface area (Å²) in [6, 6.07) is 14.1. The first-order chi connectivity index (χ1) is 14.2. The van der Waals surface area contributed by atoms with E-state index >= 15 is 0 Å². The van der Waals surface area contributed by atoms with E-state index in [1.807, 2.05) is 19.1 Å². The van der Waals surface area contributed by atoms with Gasteiger partial charge in [0.15, 0.2) is 0 Å². The zero-order valence-electron chi connectivity index (χ0n) is 18.6. The van der Waals surface area contributed by atoms with Crippen molar-refractivity contribution in [3.8, 4) is 5.75 Å². The van der Waals surface area contributed by atoms with E-state index in [4.69, 9.17) is 9.47 Å². The molecular weight excluding hydrogens is 376 g/mol. The van der Waals surface area contributed by atoms with Gasteiger partial charge >= 0.3 is 5.97 Å². The molecule has 30 heavy (non-hydrogen) atoms. The Hall–Kier alpha value is -3.08. The minimum absolute atomic E-state index is 0.136. The minimum atomic E-state index is -0.385. The quantitative estimate of drug-likeness (QED) is 0.537. The Morgan fingerprint density at radius 2 is 1.80 bits per heavy atom. The largest absolute Gasteiger partial charge is 0.497 e. The summed E-state index contributed by atoms with van der Waals surface area (Å²) in [6.45, 7) is 11.3. The predicted molar refractivity (Wildman–Crippen MR) is 121 cm³/mol. The summed E-state index contributed by atoms with van der Waals surface area (Å²) < 4.78 is 10.4. The Labute approximate surface area is 178 Å². The first kappa shape index (κ1) is 21.6. The molecule has 1 N–H and O–H groups in total. The molecular formula is C25H30N2O3. The van der Waals surface area contributed by atoms with Crippen LogP contribution < -0.4 is 10.1 Å². The van der Waals surface area contributed by atoms with Crippen LogP contribution in [-0.4, -0.2) is 24.7 Å². The highest BCUT2D eigenvalue weighted by atomic mass is 16.5. The number of rotatable bonds is 6. The van der Waals surface area contributed by atoms with Crippen LogP contribution in [0.4, 0.5) is 5.69 Å². The van der Waals surface area contributed by atoms with Crippen LogP contribution in [0.1, 0.15) is 54.9 Å². The molecule has 0 radical (unpaired) electrons. The Balaban J connectivity index is 2.01. The average Bonchev–Trinajstić information content (AvgIpc) is 2.71. The predicted octanol–water partition coefficient (Wildman–Crippen LogP) is 5.64. The number of hydrogen-bond donors (Lipinski definition) is 1. The van der Waals surface area contributed by atoms with Gasteiger partial charge in [-0.1, -0.05) is 32.9 Å². The monoisotopic (exact) mass is 406 g/mol.